The number of rotatable bonds is 6. The van der Waals surface area contributed by atoms with Gasteiger partial charge in [-0.3, -0.25) is 4.90 Å². The van der Waals surface area contributed by atoms with Crippen LogP contribution in [0.1, 0.15) is 31.0 Å². The van der Waals surface area contributed by atoms with E-state index in [9.17, 15) is 4.39 Å². The molecule has 0 saturated heterocycles. The molecular weight excluding hydrogens is 241 g/mol. The van der Waals surface area contributed by atoms with E-state index in [2.05, 4.69) is 23.6 Å². The third kappa shape index (κ3) is 2.96. The smallest absolute Gasteiger partial charge is 0.128 e. The highest BCUT2D eigenvalue weighted by Gasteiger charge is 2.30. The minimum absolute atomic E-state index is 0.0960. The zero-order valence-corrected chi connectivity index (χ0v) is 11.9. The lowest BCUT2D eigenvalue weighted by Crippen LogP contribution is -2.36. The molecule has 4 heteroatoms. The van der Waals surface area contributed by atoms with E-state index < -0.39 is 0 Å². The Kier molecular flexibility index (Phi) is 4.91. The highest BCUT2D eigenvalue weighted by molar-refractivity contribution is 5.35. The molecule has 0 aromatic heterocycles. The van der Waals surface area contributed by atoms with Crippen molar-refractivity contribution in [1.82, 2.24) is 9.80 Å². The predicted molar refractivity (Wildman–Crippen MR) is 76.4 cm³/mol. The molecule has 1 aromatic carbocycles. The Morgan fingerprint density at radius 2 is 2.11 bits per heavy atom. The maximum atomic E-state index is 13.8. The molecule has 1 aromatic rings. The van der Waals surface area contributed by atoms with E-state index in [0.717, 1.165) is 37.3 Å². The topological polar surface area (TPSA) is 32.5 Å². The normalized spacial score (nSPS) is 19.1. The van der Waals surface area contributed by atoms with Gasteiger partial charge in [0.1, 0.15) is 5.82 Å². The molecule has 1 atom stereocenters. The van der Waals surface area contributed by atoms with E-state index in [1.807, 2.05) is 6.07 Å². The molecule has 0 aliphatic carbocycles. The van der Waals surface area contributed by atoms with Crippen LogP contribution in [0.15, 0.2) is 18.2 Å². The molecule has 1 unspecified atom stereocenters. The number of nitrogens with zero attached hydrogens (tertiary/aromatic N) is 2. The van der Waals surface area contributed by atoms with Crippen molar-refractivity contribution in [1.29, 1.82) is 0 Å². The largest absolute Gasteiger partial charge is 0.329 e. The van der Waals surface area contributed by atoms with Crippen molar-refractivity contribution < 1.29 is 4.39 Å². The fourth-order valence-electron chi connectivity index (χ4n) is 2.88. The average Bonchev–Trinajstić information content (AvgIpc) is 2.79. The van der Waals surface area contributed by atoms with Crippen LogP contribution in [0.4, 0.5) is 4.39 Å². The van der Waals surface area contributed by atoms with Crippen LogP contribution >= 0.6 is 0 Å². The summed E-state index contributed by atoms with van der Waals surface area (Å²) in [6.07, 6.45) is 0. The molecule has 0 bridgehead atoms. The monoisotopic (exact) mass is 265 g/mol. The number of likely N-dealkylation sites (N-methyl/N-ethyl adjacent to an activating group) is 1. The summed E-state index contributed by atoms with van der Waals surface area (Å²) in [6, 6.07) is 5.50. The van der Waals surface area contributed by atoms with Crippen molar-refractivity contribution in [2.75, 3.05) is 32.7 Å². The summed E-state index contributed by atoms with van der Waals surface area (Å²) in [7, 11) is 0. The summed E-state index contributed by atoms with van der Waals surface area (Å²) < 4.78 is 13.8. The van der Waals surface area contributed by atoms with Crippen LogP contribution in [0.2, 0.25) is 0 Å². The van der Waals surface area contributed by atoms with Crippen molar-refractivity contribution in [3.63, 3.8) is 0 Å². The number of nitrogens with two attached hydrogens (primary N) is 1. The molecule has 0 radical (unpaired) electrons. The van der Waals surface area contributed by atoms with Gasteiger partial charge in [0.15, 0.2) is 0 Å². The first-order valence-corrected chi connectivity index (χ1v) is 7.15. The van der Waals surface area contributed by atoms with Crippen LogP contribution in [0, 0.1) is 5.82 Å². The van der Waals surface area contributed by atoms with Gasteiger partial charge in [0.2, 0.25) is 0 Å². The Labute approximate surface area is 115 Å². The molecule has 3 nitrogen and oxygen atoms in total. The molecule has 2 rings (SSSR count). The second kappa shape index (κ2) is 6.46. The lowest BCUT2D eigenvalue weighted by Gasteiger charge is -2.27. The minimum atomic E-state index is -0.0960. The lowest BCUT2D eigenvalue weighted by molar-refractivity contribution is 0.179. The summed E-state index contributed by atoms with van der Waals surface area (Å²) in [5.41, 5.74) is 7.79. The molecule has 19 heavy (non-hydrogen) atoms. The standard InChI is InChI=1S/C15H24FN3/c1-3-18(4-2)8-9-19-11-13-12(15(19)10-17)6-5-7-14(13)16/h5-7,15H,3-4,8-11,17H2,1-2H3. The van der Waals surface area contributed by atoms with E-state index in [0.29, 0.717) is 13.1 Å². The average molecular weight is 265 g/mol. The van der Waals surface area contributed by atoms with Crippen LogP contribution in [0.3, 0.4) is 0 Å². The first-order chi connectivity index (χ1) is 9.21. The summed E-state index contributed by atoms with van der Waals surface area (Å²) in [4.78, 5) is 4.68. The van der Waals surface area contributed by atoms with Crippen molar-refractivity contribution in [2.24, 2.45) is 5.73 Å². The number of hydrogen-bond acceptors (Lipinski definition) is 3. The molecule has 2 N–H and O–H groups in total. The Hall–Kier alpha value is -0.970. The van der Waals surface area contributed by atoms with E-state index >= 15 is 0 Å². The Balaban J connectivity index is 2.07. The van der Waals surface area contributed by atoms with Crippen molar-refractivity contribution >= 4 is 0 Å². The van der Waals surface area contributed by atoms with Crippen LogP contribution in [-0.4, -0.2) is 42.5 Å². The highest BCUT2D eigenvalue weighted by atomic mass is 19.1. The number of halogens is 1. The Morgan fingerprint density at radius 3 is 2.74 bits per heavy atom. The molecule has 0 spiro atoms. The van der Waals surface area contributed by atoms with Gasteiger partial charge < -0.3 is 10.6 Å². The quantitative estimate of drug-likeness (QED) is 0.853. The summed E-state index contributed by atoms with van der Waals surface area (Å²) in [5.74, 6) is -0.0960. The van der Waals surface area contributed by atoms with Crippen molar-refractivity contribution in [3.05, 3.63) is 35.1 Å². The highest BCUT2D eigenvalue weighted by Crippen LogP contribution is 2.33. The molecule has 0 fully saturated rings. The Bertz CT molecular complexity index is 418. The van der Waals surface area contributed by atoms with Gasteiger partial charge in [0, 0.05) is 37.8 Å². The van der Waals surface area contributed by atoms with Crippen LogP contribution in [-0.2, 0) is 6.54 Å². The van der Waals surface area contributed by atoms with Gasteiger partial charge in [-0.25, -0.2) is 4.39 Å². The third-order valence-electron chi connectivity index (χ3n) is 4.14. The maximum absolute atomic E-state index is 13.8. The molecule has 0 amide bonds. The molecular formula is C15H24FN3. The lowest BCUT2D eigenvalue weighted by atomic mass is 10.0. The van der Waals surface area contributed by atoms with Crippen molar-refractivity contribution in [3.8, 4) is 0 Å². The summed E-state index contributed by atoms with van der Waals surface area (Å²) >= 11 is 0. The fourth-order valence-corrected chi connectivity index (χ4v) is 2.88. The molecule has 1 heterocycles. The second-order valence-electron chi connectivity index (χ2n) is 5.06. The number of hydrogen-bond donors (Lipinski definition) is 1. The first kappa shape index (κ1) is 14.4. The van der Waals surface area contributed by atoms with Crippen molar-refractivity contribution in [2.45, 2.75) is 26.4 Å². The minimum Gasteiger partial charge on any atom is -0.329 e. The fraction of sp³-hybridized carbons (Fsp3) is 0.600. The van der Waals surface area contributed by atoms with Gasteiger partial charge >= 0.3 is 0 Å². The summed E-state index contributed by atoms with van der Waals surface area (Å²) in [6.45, 7) is 9.64. The first-order valence-electron chi connectivity index (χ1n) is 7.15. The number of fused-ring (bicyclic) bond motifs is 1. The SMILES string of the molecule is CCN(CC)CCN1Cc2c(F)cccc2C1CN. The molecule has 1 aliphatic heterocycles. The van der Waals surface area contributed by atoms with E-state index in [4.69, 9.17) is 5.73 Å². The third-order valence-corrected chi connectivity index (χ3v) is 4.14. The zero-order valence-electron chi connectivity index (χ0n) is 11.9. The van der Waals surface area contributed by atoms with Gasteiger partial charge in [-0.1, -0.05) is 26.0 Å². The Morgan fingerprint density at radius 1 is 1.37 bits per heavy atom. The molecule has 0 saturated carbocycles. The van der Waals surface area contributed by atoms with E-state index in [1.54, 1.807) is 12.1 Å². The zero-order chi connectivity index (χ0) is 13.8. The van der Waals surface area contributed by atoms with Gasteiger partial charge in [0.05, 0.1) is 0 Å². The van der Waals surface area contributed by atoms with E-state index in [-0.39, 0.29) is 11.9 Å². The van der Waals surface area contributed by atoms with Gasteiger partial charge in [-0.05, 0) is 24.7 Å². The van der Waals surface area contributed by atoms with E-state index in [1.165, 1.54) is 0 Å². The predicted octanol–water partition coefficient (Wildman–Crippen LogP) is 1.98. The van der Waals surface area contributed by atoms with Crippen LogP contribution in [0.25, 0.3) is 0 Å². The molecule has 1 aliphatic rings. The van der Waals surface area contributed by atoms with Gasteiger partial charge in [0.25, 0.3) is 0 Å². The second-order valence-corrected chi connectivity index (χ2v) is 5.06. The summed E-state index contributed by atoms with van der Waals surface area (Å²) in [5, 5.41) is 0. The molecule has 106 valence electrons. The van der Waals surface area contributed by atoms with Crippen LogP contribution in [0.5, 0.6) is 0 Å². The maximum Gasteiger partial charge on any atom is 0.128 e. The van der Waals surface area contributed by atoms with Gasteiger partial charge in [-0.15, -0.1) is 0 Å². The number of benzene rings is 1. The van der Waals surface area contributed by atoms with Crippen LogP contribution < -0.4 is 5.73 Å². The van der Waals surface area contributed by atoms with Gasteiger partial charge in [-0.2, -0.15) is 0 Å².